The van der Waals surface area contributed by atoms with Crippen LogP contribution >= 0.6 is 0 Å². The van der Waals surface area contributed by atoms with E-state index in [1.165, 1.54) is 0 Å². The third kappa shape index (κ3) is 2.21. The number of amides is 1. The molecular formula is C15H20N2O2. The van der Waals surface area contributed by atoms with Gasteiger partial charge in [0.15, 0.2) is 0 Å². The maximum absolute atomic E-state index is 12.7. The zero-order chi connectivity index (χ0) is 13.2. The van der Waals surface area contributed by atoms with E-state index in [1.807, 2.05) is 36.2 Å². The summed E-state index contributed by atoms with van der Waals surface area (Å²) in [5.41, 5.74) is 1.04. The van der Waals surface area contributed by atoms with Gasteiger partial charge in [-0.2, -0.15) is 0 Å². The summed E-state index contributed by atoms with van der Waals surface area (Å²) in [4.78, 5) is 14.7. The Bertz CT molecular complexity index is 475. The Kier molecular flexibility index (Phi) is 3.42. The number of hydrogen-bond donors (Lipinski definition) is 1. The molecule has 0 radical (unpaired) electrons. The van der Waals surface area contributed by atoms with Gasteiger partial charge in [0.25, 0.3) is 0 Å². The second-order valence-electron chi connectivity index (χ2n) is 5.29. The van der Waals surface area contributed by atoms with Gasteiger partial charge in [0, 0.05) is 24.7 Å². The average molecular weight is 260 g/mol. The highest BCUT2D eigenvalue weighted by atomic mass is 16.5. The fraction of sp³-hybridized carbons (Fsp3) is 0.533. The molecule has 4 heteroatoms. The topological polar surface area (TPSA) is 41.6 Å². The van der Waals surface area contributed by atoms with Crippen molar-refractivity contribution in [3.8, 4) is 5.75 Å². The van der Waals surface area contributed by atoms with Gasteiger partial charge in [-0.1, -0.05) is 18.2 Å². The van der Waals surface area contributed by atoms with Crippen LogP contribution in [0.1, 0.15) is 24.3 Å². The molecule has 2 atom stereocenters. The predicted octanol–water partition coefficient (Wildman–Crippen LogP) is 1.37. The Morgan fingerprint density at radius 3 is 3.16 bits per heavy atom. The molecule has 1 N–H and O–H groups in total. The van der Waals surface area contributed by atoms with Gasteiger partial charge in [0.1, 0.15) is 18.3 Å². The van der Waals surface area contributed by atoms with Crippen LogP contribution in [0, 0.1) is 0 Å². The number of nitrogens with one attached hydrogen (secondary N) is 1. The van der Waals surface area contributed by atoms with Crippen LogP contribution in [0.4, 0.5) is 0 Å². The Morgan fingerprint density at radius 1 is 1.47 bits per heavy atom. The van der Waals surface area contributed by atoms with Crippen molar-refractivity contribution < 1.29 is 9.53 Å². The number of rotatable bonds is 3. The van der Waals surface area contributed by atoms with E-state index >= 15 is 0 Å². The molecule has 2 aliphatic heterocycles. The lowest BCUT2D eigenvalue weighted by Gasteiger charge is -2.27. The number of likely N-dealkylation sites (tertiary alicyclic amines) is 1. The number of ether oxygens (including phenoxy) is 1. The number of benzene rings is 1. The van der Waals surface area contributed by atoms with E-state index in [1.54, 1.807) is 0 Å². The summed E-state index contributed by atoms with van der Waals surface area (Å²) < 4.78 is 5.62. The first kappa shape index (κ1) is 12.5. The number of carbonyl (C=O) groups is 1. The molecule has 1 amide bonds. The molecule has 2 heterocycles. The van der Waals surface area contributed by atoms with Crippen LogP contribution in [0.15, 0.2) is 24.3 Å². The van der Waals surface area contributed by atoms with Gasteiger partial charge in [-0.25, -0.2) is 0 Å². The van der Waals surface area contributed by atoms with Gasteiger partial charge in [-0.15, -0.1) is 0 Å². The maximum Gasteiger partial charge on any atom is 0.234 e. The first-order valence-electron chi connectivity index (χ1n) is 6.98. The molecule has 1 aromatic rings. The van der Waals surface area contributed by atoms with E-state index in [9.17, 15) is 4.79 Å². The highest BCUT2D eigenvalue weighted by molar-refractivity contribution is 5.86. The van der Waals surface area contributed by atoms with E-state index < -0.39 is 0 Å². The van der Waals surface area contributed by atoms with Crippen molar-refractivity contribution in [1.82, 2.24) is 10.2 Å². The van der Waals surface area contributed by atoms with Crippen molar-refractivity contribution in [3.05, 3.63) is 29.8 Å². The quantitative estimate of drug-likeness (QED) is 0.892. The monoisotopic (exact) mass is 260 g/mol. The smallest absolute Gasteiger partial charge is 0.234 e. The van der Waals surface area contributed by atoms with Crippen molar-refractivity contribution in [2.45, 2.75) is 24.8 Å². The molecule has 102 valence electrons. The normalized spacial score (nSPS) is 25.2. The summed E-state index contributed by atoms with van der Waals surface area (Å²) >= 11 is 0. The van der Waals surface area contributed by atoms with Crippen LogP contribution in [0.5, 0.6) is 5.75 Å². The summed E-state index contributed by atoms with van der Waals surface area (Å²) in [5, 5.41) is 3.18. The number of para-hydroxylation sites is 1. The molecule has 1 saturated heterocycles. The number of hydrogen-bond acceptors (Lipinski definition) is 3. The third-order valence-corrected chi connectivity index (χ3v) is 4.10. The van der Waals surface area contributed by atoms with Crippen molar-refractivity contribution in [1.29, 1.82) is 0 Å². The molecule has 3 rings (SSSR count). The number of nitrogens with zero attached hydrogens (tertiary/aromatic N) is 1. The third-order valence-electron chi connectivity index (χ3n) is 4.10. The number of carbonyl (C=O) groups excluding carboxylic acids is 1. The minimum atomic E-state index is -0.117. The average Bonchev–Trinajstić information content (AvgIpc) is 3.04. The number of likely N-dealkylation sites (N-methyl/N-ethyl adjacent to an activating group) is 1. The van der Waals surface area contributed by atoms with Crippen molar-refractivity contribution in [2.24, 2.45) is 0 Å². The van der Waals surface area contributed by atoms with Gasteiger partial charge >= 0.3 is 0 Å². The number of fused-ring (bicyclic) bond motifs is 1. The Hall–Kier alpha value is -1.55. The van der Waals surface area contributed by atoms with E-state index in [0.717, 1.165) is 37.2 Å². The highest BCUT2D eigenvalue weighted by Crippen LogP contribution is 2.35. The summed E-state index contributed by atoms with van der Waals surface area (Å²) in [5.74, 6) is 0.974. The first-order valence-corrected chi connectivity index (χ1v) is 6.98. The van der Waals surface area contributed by atoms with Crippen LogP contribution in [0.3, 0.4) is 0 Å². The molecule has 0 aliphatic carbocycles. The van der Waals surface area contributed by atoms with E-state index in [4.69, 9.17) is 4.74 Å². The van der Waals surface area contributed by atoms with Gasteiger partial charge < -0.3 is 15.0 Å². The molecule has 0 aromatic heterocycles. The maximum atomic E-state index is 12.7. The molecule has 19 heavy (non-hydrogen) atoms. The fourth-order valence-electron chi connectivity index (χ4n) is 3.14. The van der Waals surface area contributed by atoms with Crippen LogP contribution in [0.25, 0.3) is 0 Å². The van der Waals surface area contributed by atoms with Crippen LogP contribution < -0.4 is 10.1 Å². The minimum Gasteiger partial charge on any atom is -0.492 e. The lowest BCUT2D eigenvalue weighted by Crippen LogP contribution is -2.43. The Morgan fingerprint density at radius 2 is 2.32 bits per heavy atom. The van der Waals surface area contributed by atoms with Crippen molar-refractivity contribution in [2.75, 3.05) is 26.7 Å². The lowest BCUT2D eigenvalue weighted by molar-refractivity contribution is -0.133. The van der Waals surface area contributed by atoms with Crippen LogP contribution in [-0.2, 0) is 4.79 Å². The molecule has 1 fully saturated rings. The molecular weight excluding hydrogens is 240 g/mol. The fourth-order valence-corrected chi connectivity index (χ4v) is 3.14. The van der Waals surface area contributed by atoms with E-state index in [2.05, 4.69) is 5.32 Å². The second kappa shape index (κ2) is 5.21. The van der Waals surface area contributed by atoms with Crippen molar-refractivity contribution in [3.63, 3.8) is 0 Å². The van der Waals surface area contributed by atoms with E-state index in [0.29, 0.717) is 12.6 Å². The zero-order valence-corrected chi connectivity index (χ0v) is 11.3. The molecule has 0 spiro atoms. The predicted molar refractivity (Wildman–Crippen MR) is 73.3 cm³/mol. The SMILES string of the molecule is CNC[C@H]1CCCN1C(=O)[C@@H]1COc2ccccc21. The van der Waals surface area contributed by atoms with Crippen molar-refractivity contribution >= 4 is 5.91 Å². The van der Waals surface area contributed by atoms with Gasteiger partial charge in [0.2, 0.25) is 5.91 Å². The Labute approximate surface area is 113 Å². The standard InChI is InChI=1S/C15H20N2O2/c1-16-9-11-5-4-8-17(11)15(18)13-10-19-14-7-3-2-6-12(13)14/h2-3,6-7,11,13,16H,4-5,8-10H2,1H3/t11-,13-/m1/s1. The van der Waals surface area contributed by atoms with Gasteiger partial charge in [-0.05, 0) is 26.0 Å². The summed E-state index contributed by atoms with van der Waals surface area (Å²) in [7, 11) is 1.94. The van der Waals surface area contributed by atoms with E-state index in [-0.39, 0.29) is 11.8 Å². The Balaban J connectivity index is 1.78. The first-order chi connectivity index (χ1) is 9.31. The molecule has 1 aromatic carbocycles. The summed E-state index contributed by atoms with van der Waals surface area (Å²) in [6, 6.07) is 8.21. The minimum absolute atomic E-state index is 0.117. The highest BCUT2D eigenvalue weighted by Gasteiger charge is 2.37. The summed E-state index contributed by atoms with van der Waals surface area (Å²) in [6.07, 6.45) is 2.20. The summed E-state index contributed by atoms with van der Waals surface area (Å²) in [6.45, 7) is 2.24. The second-order valence-corrected chi connectivity index (χ2v) is 5.29. The van der Waals surface area contributed by atoms with Crippen LogP contribution in [0.2, 0.25) is 0 Å². The molecule has 0 unspecified atom stereocenters. The molecule has 0 bridgehead atoms. The largest absolute Gasteiger partial charge is 0.492 e. The zero-order valence-electron chi connectivity index (χ0n) is 11.3. The lowest BCUT2D eigenvalue weighted by atomic mass is 9.99. The van der Waals surface area contributed by atoms with Gasteiger partial charge in [-0.3, -0.25) is 4.79 Å². The van der Waals surface area contributed by atoms with Crippen LogP contribution in [-0.4, -0.2) is 43.6 Å². The molecule has 2 aliphatic rings. The van der Waals surface area contributed by atoms with Gasteiger partial charge in [0.05, 0.1) is 0 Å². The molecule has 0 saturated carbocycles. The molecule has 4 nitrogen and oxygen atoms in total.